The fraction of sp³-hybridized carbons (Fsp3) is 0.909. The van der Waals surface area contributed by atoms with E-state index in [9.17, 15) is 4.79 Å². The molecule has 14 heavy (non-hydrogen) atoms. The molecule has 1 unspecified atom stereocenters. The number of methoxy groups -OCH3 is 1. The minimum absolute atomic E-state index is 0.126. The first-order chi connectivity index (χ1) is 6.76. The number of nitrogens with one attached hydrogen (secondary N) is 1. The van der Waals surface area contributed by atoms with Crippen molar-refractivity contribution in [2.75, 3.05) is 13.7 Å². The van der Waals surface area contributed by atoms with Crippen molar-refractivity contribution in [3.8, 4) is 0 Å². The Kier molecular flexibility index (Phi) is 4.94. The highest BCUT2D eigenvalue weighted by atomic mass is 16.5. The summed E-state index contributed by atoms with van der Waals surface area (Å²) >= 11 is 0. The second-order valence-electron chi connectivity index (χ2n) is 4.06. The first-order valence-corrected chi connectivity index (χ1v) is 5.56. The molecule has 3 heteroatoms. The molecule has 1 fully saturated rings. The van der Waals surface area contributed by atoms with Gasteiger partial charge in [-0.2, -0.15) is 0 Å². The van der Waals surface area contributed by atoms with Crippen LogP contribution in [-0.4, -0.2) is 25.7 Å². The smallest absolute Gasteiger partial charge is 0.306 e. The summed E-state index contributed by atoms with van der Waals surface area (Å²) in [7, 11) is 1.43. The van der Waals surface area contributed by atoms with Crippen molar-refractivity contribution in [2.45, 2.75) is 45.1 Å². The lowest BCUT2D eigenvalue weighted by atomic mass is 10.1. The third-order valence-corrected chi connectivity index (χ3v) is 2.80. The zero-order valence-corrected chi connectivity index (χ0v) is 9.21. The largest absolute Gasteiger partial charge is 0.469 e. The Hall–Kier alpha value is -0.570. The Bertz CT molecular complexity index is 178. The number of hydrogen-bond acceptors (Lipinski definition) is 3. The van der Waals surface area contributed by atoms with Crippen molar-refractivity contribution in [1.82, 2.24) is 5.32 Å². The summed E-state index contributed by atoms with van der Waals surface area (Å²) in [5.41, 5.74) is 0. The highest BCUT2D eigenvalue weighted by Gasteiger charge is 2.24. The van der Waals surface area contributed by atoms with E-state index in [-0.39, 0.29) is 5.97 Å². The molecule has 0 saturated heterocycles. The molecule has 1 saturated carbocycles. The number of rotatable bonds is 7. The van der Waals surface area contributed by atoms with Crippen molar-refractivity contribution in [3.05, 3.63) is 0 Å². The van der Waals surface area contributed by atoms with Crippen LogP contribution in [0.5, 0.6) is 0 Å². The predicted molar refractivity (Wildman–Crippen MR) is 56.1 cm³/mol. The Morgan fingerprint density at radius 3 is 2.79 bits per heavy atom. The summed E-state index contributed by atoms with van der Waals surface area (Å²) in [5, 5.41) is 3.41. The molecule has 0 aromatic rings. The molecule has 0 aromatic heterocycles. The Morgan fingerprint density at radius 2 is 2.29 bits per heavy atom. The molecule has 1 atom stereocenters. The molecule has 1 rings (SSSR count). The lowest BCUT2D eigenvalue weighted by Gasteiger charge is -2.15. The van der Waals surface area contributed by atoms with Gasteiger partial charge in [-0.05, 0) is 18.8 Å². The van der Waals surface area contributed by atoms with Crippen LogP contribution in [0.2, 0.25) is 0 Å². The summed E-state index contributed by atoms with van der Waals surface area (Å²) in [6.07, 6.45) is 5.71. The van der Waals surface area contributed by atoms with Gasteiger partial charge >= 0.3 is 5.97 Å². The number of carbonyl (C=O) groups is 1. The van der Waals surface area contributed by atoms with Gasteiger partial charge in [0.15, 0.2) is 0 Å². The molecule has 0 radical (unpaired) electrons. The minimum atomic E-state index is -0.126. The third kappa shape index (κ3) is 4.61. The van der Waals surface area contributed by atoms with Crippen LogP contribution in [0.3, 0.4) is 0 Å². The van der Waals surface area contributed by atoms with E-state index in [1.54, 1.807) is 0 Å². The monoisotopic (exact) mass is 199 g/mol. The van der Waals surface area contributed by atoms with Crippen LogP contribution in [0, 0.1) is 5.92 Å². The summed E-state index contributed by atoms with van der Waals surface area (Å²) in [5.74, 6) is 0.823. The van der Waals surface area contributed by atoms with Gasteiger partial charge in [-0.25, -0.2) is 0 Å². The van der Waals surface area contributed by atoms with Gasteiger partial charge in [0.25, 0.3) is 0 Å². The topological polar surface area (TPSA) is 38.3 Å². The minimum Gasteiger partial charge on any atom is -0.469 e. The average Bonchev–Trinajstić information content (AvgIpc) is 2.99. The molecule has 0 heterocycles. The van der Waals surface area contributed by atoms with Crippen molar-refractivity contribution < 1.29 is 9.53 Å². The predicted octanol–water partition coefficient (Wildman–Crippen LogP) is 1.72. The van der Waals surface area contributed by atoms with Gasteiger partial charge in [0.2, 0.25) is 0 Å². The standard InChI is InChI=1S/C11H21NO2/c1-3-10(8-9-4-5-9)12-7-6-11(13)14-2/h9-10,12H,3-8H2,1-2H3. The molecule has 1 aliphatic carbocycles. The third-order valence-electron chi connectivity index (χ3n) is 2.80. The van der Waals surface area contributed by atoms with Crippen LogP contribution >= 0.6 is 0 Å². The molecule has 82 valence electrons. The molecule has 0 aliphatic heterocycles. The normalized spacial score (nSPS) is 17.9. The molecule has 0 spiro atoms. The highest BCUT2D eigenvalue weighted by molar-refractivity contribution is 5.69. The maximum Gasteiger partial charge on any atom is 0.306 e. The first-order valence-electron chi connectivity index (χ1n) is 5.56. The van der Waals surface area contributed by atoms with E-state index in [0.29, 0.717) is 12.5 Å². The molecule has 3 nitrogen and oxygen atoms in total. The van der Waals surface area contributed by atoms with Crippen LogP contribution in [-0.2, 0) is 9.53 Å². The fourth-order valence-electron chi connectivity index (χ4n) is 1.63. The molecule has 1 aliphatic rings. The van der Waals surface area contributed by atoms with E-state index >= 15 is 0 Å². The van der Waals surface area contributed by atoms with E-state index < -0.39 is 0 Å². The van der Waals surface area contributed by atoms with Gasteiger partial charge in [0.1, 0.15) is 0 Å². The van der Waals surface area contributed by atoms with Crippen LogP contribution < -0.4 is 5.32 Å². The molecule has 0 aromatic carbocycles. The van der Waals surface area contributed by atoms with E-state index in [4.69, 9.17) is 0 Å². The van der Waals surface area contributed by atoms with Gasteiger partial charge in [-0.3, -0.25) is 4.79 Å². The summed E-state index contributed by atoms with van der Waals surface area (Å²) in [6.45, 7) is 2.94. The summed E-state index contributed by atoms with van der Waals surface area (Å²) in [4.78, 5) is 10.9. The van der Waals surface area contributed by atoms with E-state index in [0.717, 1.165) is 18.9 Å². The second-order valence-corrected chi connectivity index (χ2v) is 4.06. The van der Waals surface area contributed by atoms with Crippen LogP contribution in [0.25, 0.3) is 0 Å². The molecular weight excluding hydrogens is 178 g/mol. The molecular formula is C11H21NO2. The van der Waals surface area contributed by atoms with Gasteiger partial charge < -0.3 is 10.1 Å². The van der Waals surface area contributed by atoms with Crippen molar-refractivity contribution in [1.29, 1.82) is 0 Å². The maximum atomic E-state index is 10.9. The quantitative estimate of drug-likeness (QED) is 0.634. The summed E-state index contributed by atoms with van der Waals surface area (Å²) < 4.78 is 4.58. The zero-order chi connectivity index (χ0) is 10.4. The lowest BCUT2D eigenvalue weighted by molar-refractivity contribution is -0.140. The van der Waals surface area contributed by atoms with Crippen molar-refractivity contribution in [2.24, 2.45) is 5.92 Å². The van der Waals surface area contributed by atoms with Crippen LogP contribution in [0.1, 0.15) is 39.0 Å². The van der Waals surface area contributed by atoms with Crippen LogP contribution in [0.4, 0.5) is 0 Å². The Labute approximate surface area is 86.2 Å². The summed E-state index contributed by atoms with van der Waals surface area (Å²) in [6, 6.07) is 0.590. The molecule has 1 N–H and O–H groups in total. The SMILES string of the molecule is CCC(CC1CC1)NCCC(=O)OC. The van der Waals surface area contributed by atoms with Crippen molar-refractivity contribution in [3.63, 3.8) is 0 Å². The van der Waals surface area contributed by atoms with E-state index in [1.807, 2.05) is 0 Å². The second kappa shape index (κ2) is 6.02. The maximum absolute atomic E-state index is 10.9. The first kappa shape index (κ1) is 11.5. The number of esters is 1. The average molecular weight is 199 g/mol. The highest BCUT2D eigenvalue weighted by Crippen LogP contribution is 2.33. The van der Waals surface area contributed by atoms with Gasteiger partial charge in [-0.15, -0.1) is 0 Å². The van der Waals surface area contributed by atoms with E-state index in [2.05, 4.69) is 17.0 Å². The van der Waals surface area contributed by atoms with Gasteiger partial charge in [0.05, 0.1) is 13.5 Å². The Balaban J connectivity index is 2.04. The lowest BCUT2D eigenvalue weighted by Crippen LogP contribution is -2.31. The van der Waals surface area contributed by atoms with E-state index in [1.165, 1.54) is 26.4 Å². The number of hydrogen-bond donors (Lipinski definition) is 1. The Morgan fingerprint density at radius 1 is 1.57 bits per heavy atom. The fourth-order valence-corrected chi connectivity index (χ4v) is 1.63. The van der Waals surface area contributed by atoms with Gasteiger partial charge in [-0.1, -0.05) is 19.8 Å². The van der Waals surface area contributed by atoms with Crippen LogP contribution in [0.15, 0.2) is 0 Å². The zero-order valence-electron chi connectivity index (χ0n) is 9.21. The molecule has 0 amide bonds. The number of carbonyl (C=O) groups excluding carboxylic acids is 1. The number of ether oxygens (including phenoxy) is 1. The molecule has 0 bridgehead atoms. The van der Waals surface area contributed by atoms with Crippen molar-refractivity contribution >= 4 is 5.97 Å². The van der Waals surface area contributed by atoms with Gasteiger partial charge in [0, 0.05) is 12.6 Å².